The third-order valence-electron chi connectivity index (χ3n) is 2.32. The second-order valence-corrected chi connectivity index (χ2v) is 3.56. The van der Waals surface area contributed by atoms with E-state index in [0.717, 1.165) is 19.4 Å². The van der Waals surface area contributed by atoms with Crippen LogP contribution in [0, 0.1) is 0 Å². The molecule has 0 unspecified atom stereocenters. The summed E-state index contributed by atoms with van der Waals surface area (Å²) in [6.45, 7) is 5.44. The summed E-state index contributed by atoms with van der Waals surface area (Å²) in [4.78, 5) is 3.92. The molecule has 84 valence electrons. The molecule has 1 aromatic heterocycles. The molecular formula is C11H19N3O. The van der Waals surface area contributed by atoms with Crippen molar-refractivity contribution in [3.8, 4) is 0 Å². The van der Waals surface area contributed by atoms with Gasteiger partial charge in [-0.3, -0.25) is 4.99 Å². The average molecular weight is 209 g/mol. The van der Waals surface area contributed by atoms with E-state index in [-0.39, 0.29) is 5.90 Å². The molecule has 0 aliphatic heterocycles. The Morgan fingerprint density at radius 1 is 1.53 bits per heavy atom. The van der Waals surface area contributed by atoms with Gasteiger partial charge < -0.3 is 5.11 Å². The molecule has 15 heavy (non-hydrogen) atoms. The number of aromatic nitrogens is 2. The SMILES string of the molecule is CCCCn1cc[n+](C)c1C([O-])=NCC. The Kier molecular flexibility index (Phi) is 4.34. The Labute approximate surface area is 90.9 Å². The van der Waals surface area contributed by atoms with Crippen molar-refractivity contribution in [3.05, 3.63) is 18.2 Å². The van der Waals surface area contributed by atoms with Crippen LogP contribution in [-0.4, -0.2) is 17.0 Å². The number of aliphatic imine (C=N–C) groups is 1. The molecule has 0 spiro atoms. The lowest BCUT2D eigenvalue weighted by Gasteiger charge is -2.08. The van der Waals surface area contributed by atoms with Crippen molar-refractivity contribution in [2.75, 3.05) is 6.54 Å². The third-order valence-corrected chi connectivity index (χ3v) is 2.32. The fourth-order valence-corrected chi connectivity index (χ4v) is 1.52. The average Bonchev–Trinajstić information content (AvgIpc) is 2.57. The highest BCUT2D eigenvalue weighted by atomic mass is 16.3. The number of nitrogens with zero attached hydrogens (tertiary/aromatic N) is 3. The van der Waals surface area contributed by atoms with Gasteiger partial charge in [0.1, 0.15) is 12.4 Å². The standard InChI is InChI=1S/C11H19N3O/c1-4-6-7-14-9-8-13(3)11(14)10(15)12-5-2/h8-9H,4-7H2,1-3H3. The summed E-state index contributed by atoms with van der Waals surface area (Å²) in [5, 5.41) is 11.7. The maximum Gasteiger partial charge on any atom is 0.291 e. The zero-order valence-corrected chi connectivity index (χ0v) is 9.73. The normalized spacial score (nSPS) is 12.1. The molecule has 0 aliphatic rings. The van der Waals surface area contributed by atoms with Gasteiger partial charge in [-0.25, -0.2) is 9.13 Å². The Balaban J connectivity index is 2.93. The Bertz CT molecular complexity index is 342. The van der Waals surface area contributed by atoms with E-state index in [1.165, 1.54) is 0 Å². The number of hydrogen-bond donors (Lipinski definition) is 0. The molecule has 0 aromatic carbocycles. The van der Waals surface area contributed by atoms with Crippen molar-refractivity contribution < 1.29 is 9.67 Å². The summed E-state index contributed by atoms with van der Waals surface area (Å²) in [6.07, 6.45) is 6.05. The molecule has 0 amide bonds. The van der Waals surface area contributed by atoms with Crippen LogP contribution in [0.3, 0.4) is 0 Å². The van der Waals surface area contributed by atoms with E-state index in [1.54, 1.807) is 0 Å². The number of imidazole rings is 1. The van der Waals surface area contributed by atoms with Crippen LogP contribution >= 0.6 is 0 Å². The highest BCUT2D eigenvalue weighted by Gasteiger charge is 2.13. The van der Waals surface area contributed by atoms with Gasteiger partial charge in [0.25, 0.3) is 5.82 Å². The molecule has 0 aliphatic carbocycles. The van der Waals surface area contributed by atoms with Gasteiger partial charge in [-0.2, -0.15) is 0 Å². The van der Waals surface area contributed by atoms with Crippen LogP contribution in [0.2, 0.25) is 0 Å². The van der Waals surface area contributed by atoms with Crippen LogP contribution in [0.4, 0.5) is 0 Å². The van der Waals surface area contributed by atoms with Gasteiger partial charge in [0, 0.05) is 6.54 Å². The van der Waals surface area contributed by atoms with Gasteiger partial charge in [-0.05, 0) is 13.3 Å². The quantitative estimate of drug-likeness (QED) is 0.389. The van der Waals surface area contributed by atoms with Gasteiger partial charge in [0.15, 0.2) is 0 Å². The summed E-state index contributed by atoms with van der Waals surface area (Å²) in [6, 6.07) is 0. The van der Waals surface area contributed by atoms with Crippen molar-refractivity contribution in [3.63, 3.8) is 0 Å². The first-order valence-corrected chi connectivity index (χ1v) is 5.47. The first-order chi connectivity index (χ1) is 7.20. The Hall–Kier alpha value is -1.32. The highest BCUT2D eigenvalue weighted by Crippen LogP contribution is 1.99. The van der Waals surface area contributed by atoms with Gasteiger partial charge in [0.05, 0.1) is 19.5 Å². The van der Waals surface area contributed by atoms with E-state index in [4.69, 9.17) is 0 Å². The van der Waals surface area contributed by atoms with Gasteiger partial charge in [0.2, 0.25) is 0 Å². The van der Waals surface area contributed by atoms with E-state index >= 15 is 0 Å². The maximum absolute atomic E-state index is 11.7. The summed E-state index contributed by atoms with van der Waals surface area (Å²) < 4.78 is 3.81. The van der Waals surface area contributed by atoms with E-state index < -0.39 is 0 Å². The zero-order chi connectivity index (χ0) is 11.3. The molecule has 1 rings (SSSR count). The Morgan fingerprint density at radius 3 is 2.87 bits per heavy atom. The number of rotatable bonds is 5. The molecule has 0 N–H and O–H groups in total. The van der Waals surface area contributed by atoms with Gasteiger partial charge in [-0.1, -0.05) is 13.3 Å². The Morgan fingerprint density at radius 2 is 2.27 bits per heavy atom. The van der Waals surface area contributed by atoms with Gasteiger partial charge in [-0.15, -0.1) is 0 Å². The maximum atomic E-state index is 11.7. The van der Waals surface area contributed by atoms with E-state index in [1.807, 2.05) is 35.5 Å². The van der Waals surface area contributed by atoms with Crippen LogP contribution in [-0.2, 0) is 13.6 Å². The predicted molar refractivity (Wildman–Crippen MR) is 57.6 cm³/mol. The molecule has 0 saturated heterocycles. The minimum atomic E-state index is -0.124. The fraction of sp³-hybridized carbons (Fsp3) is 0.636. The molecular weight excluding hydrogens is 190 g/mol. The molecule has 0 atom stereocenters. The van der Waals surface area contributed by atoms with Crippen molar-refractivity contribution in [2.45, 2.75) is 33.2 Å². The lowest BCUT2D eigenvalue weighted by molar-refractivity contribution is -0.674. The topological polar surface area (TPSA) is 44.2 Å². The molecule has 1 heterocycles. The van der Waals surface area contributed by atoms with E-state index in [0.29, 0.717) is 12.4 Å². The van der Waals surface area contributed by atoms with Crippen LogP contribution in [0.25, 0.3) is 0 Å². The minimum absolute atomic E-state index is 0.124. The zero-order valence-electron chi connectivity index (χ0n) is 9.73. The van der Waals surface area contributed by atoms with E-state index in [2.05, 4.69) is 11.9 Å². The van der Waals surface area contributed by atoms with Gasteiger partial charge >= 0.3 is 0 Å². The summed E-state index contributed by atoms with van der Waals surface area (Å²) in [5.74, 6) is 0.548. The molecule has 0 saturated carbocycles. The monoisotopic (exact) mass is 209 g/mol. The summed E-state index contributed by atoms with van der Waals surface area (Å²) in [5.41, 5.74) is 0. The predicted octanol–water partition coefficient (Wildman–Crippen LogP) is 0.239. The van der Waals surface area contributed by atoms with Crippen LogP contribution in [0.5, 0.6) is 0 Å². The second-order valence-electron chi connectivity index (χ2n) is 3.56. The molecule has 4 nitrogen and oxygen atoms in total. The molecule has 0 fully saturated rings. The minimum Gasteiger partial charge on any atom is -0.853 e. The number of aryl methyl sites for hydroxylation is 2. The fourth-order valence-electron chi connectivity index (χ4n) is 1.52. The lowest BCUT2D eigenvalue weighted by atomic mass is 10.3. The van der Waals surface area contributed by atoms with Crippen molar-refractivity contribution in [2.24, 2.45) is 12.0 Å². The molecule has 4 heteroatoms. The summed E-state index contributed by atoms with van der Waals surface area (Å²) in [7, 11) is 1.88. The molecule has 0 bridgehead atoms. The van der Waals surface area contributed by atoms with Crippen molar-refractivity contribution in [1.82, 2.24) is 4.57 Å². The first-order valence-electron chi connectivity index (χ1n) is 5.47. The van der Waals surface area contributed by atoms with Crippen LogP contribution in [0.1, 0.15) is 32.5 Å². The first kappa shape index (κ1) is 11.8. The summed E-state index contributed by atoms with van der Waals surface area (Å²) >= 11 is 0. The largest absolute Gasteiger partial charge is 0.853 e. The number of hydrogen-bond acceptors (Lipinski definition) is 2. The van der Waals surface area contributed by atoms with Crippen LogP contribution in [0.15, 0.2) is 17.4 Å². The number of unbranched alkanes of at least 4 members (excludes halogenated alkanes) is 1. The molecule has 1 aromatic rings. The van der Waals surface area contributed by atoms with Crippen molar-refractivity contribution in [1.29, 1.82) is 0 Å². The smallest absolute Gasteiger partial charge is 0.291 e. The van der Waals surface area contributed by atoms with Crippen LogP contribution < -0.4 is 9.67 Å². The lowest BCUT2D eigenvalue weighted by Crippen LogP contribution is -2.40. The second kappa shape index (κ2) is 5.53. The van der Waals surface area contributed by atoms with E-state index in [9.17, 15) is 5.11 Å². The molecule has 0 radical (unpaired) electrons. The van der Waals surface area contributed by atoms with Crippen molar-refractivity contribution >= 4 is 5.90 Å². The third kappa shape index (κ3) is 2.81. The highest BCUT2D eigenvalue weighted by molar-refractivity contribution is 5.85.